The van der Waals surface area contributed by atoms with Gasteiger partial charge in [-0.1, -0.05) is 53.0 Å². The van der Waals surface area contributed by atoms with Crippen molar-refractivity contribution in [3.05, 3.63) is 97.5 Å². The minimum atomic E-state index is -1.50. The van der Waals surface area contributed by atoms with E-state index in [0.717, 1.165) is 30.5 Å². The molecule has 2 aromatic carbocycles. The Morgan fingerprint density at radius 1 is 1.13 bits per heavy atom. The molecule has 30 heavy (non-hydrogen) atoms. The van der Waals surface area contributed by atoms with Gasteiger partial charge in [0.2, 0.25) is 0 Å². The average molecular weight is 473 g/mol. The average Bonchev–Trinajstić information content (AvgIpc) is 3.19. The van der Waals surface area contributed by atoms with E-state index >= 15 is 0 Å². The third-order valence-corrected chi connectivity index (χ3v) is 4.98. The van der Waals surface area contributed by atoms with Crippen LogP contribution in [0.4, 0.5) is 0 Å². The van der Waals surface area contributed by atoms with Crippen LogP contribution in [0.1, 0.15) is 30.1 Å². The van der Waals surface area contributed by atoms with Gasteiger partial charge in [0.05, 0.1) is 19.0 Å². The van der Waals surface area contributed by atoms with Gasteiger partial charge in [-0.15, -0.1) is 10.1 Å². The monoisotopic (exact) mass is 471 g/mol. The maximum atomic E-state index is 8.36. The lowest BCUT2D eigenvalue weighted by molar-refractivity contribution is -0.742. The molecule has 0 bridgehead atoms. The molecule has 3 rings (SSSR count). The lowest BCUT2D eigenvalue weighted by Gasteiger charge is -2.19. The lowest BCUT2D eigenvalue weighted by atomic mass is 10.0. The topological polar surface area (TPSA) is 90.4 Å². The number of aryl methyl sites for hydroxylation is 1. The Bertz CT molecular complexity index is 918. The van der Waals surface area contributed by atoms with Crippen molar-refractivity contribution < 1.29 is 15.0 Å². The standard InChI is InChI=1S/C20H19Cl3N2O.HNO3/c21-17-6-3-15(4-7-17)20(2-1-10-25-11-9-24-14-25)26-13-16-5-8-18(22)12-19(16)23;2-1(3)4/h3-9,11-12,14,20H,1-2,10,13H2;(H,2,3,4). The summed E-state index contributed by atoms with van der Waals surface area (Å²) in [5.74, 6) is 0. The predicted molar refractivity (Wildman–Crippen MR) is 116 cm³/mol. The van der Waals surface area contributed by atoms with E-state index in [4.69, 9.17) is 54.9 Å². The molecule has 1 atom stereocenters. The molecule has 7 nitrogen and oxygen atoms in total. The van der Waals surface area contributed by atoms with Gasteiger partial charge >= 0.3 is 0 Å². The van der Waals surface area contributed by atoms with E-state index < -0.39 is 5.09 Å². The first-order valence-corrected chi connectivity index (χ1v) is 10.1. The molecular formula is C20H20Cl3N3O4. The number of halogens is 3. The van der Waals surface area contributed by atoms with Crippen LogP contribution in [0.2, 0.25) is 15.1 Å². The SMILES string of the molecule is Clc1ccc(C(CCCn2ccnc2)OCc2ccc(Cl)cc2Cl)cc1.O=[N+]([O-])O. The van der Waals surface area contributed by atoms with Crippen molar-refractivity contribution in [2.75, 3.05) is 0 Å². The molecule has 0 spiro atoms. The van der Waals surface area contributed by atoms with E-state index in [1.165, 1.54) is 0 Å². The molecule has 3 aromatic rings. The zero-order valence-electron chi connectivity index (χ0n) is 15.8. The molecule has 160 valence electrons. The van der Waals surface area contributed by atoms with Crippen molar-refractivity contribution in [3.63, 3.8) is 0 Å². The molecule has 0 fully saturated rings. The highest BCUT2D eigenvalue weighted by atomic mass is 35.5. The second-order valence-corrected chi connectivity index (χ2v) is 7.55. The molecule has 0 saturated carbocycles. The molecule has 1 N–H and O–H groups in total. The van der Waals surface area contributed by atoms with Gasteiger partial charge in [0.15, 0.2) is 0 Å². The van der Waals surface area contributed by atoms with Crippen molar-refractivity contribution in [2.24, 2.45) is 0 Å². The molecule has 0 aliphatic rings. The van der Waals surface area contributed by atoms with Crippen LogP contribution in [0.15, 0.2) is 61.2 Å². The summed E-state index contributed by atoms with van der Waals surface area (Å²) in [5.41, 5.74) is 2.02. The summed E-state index contributed by atoms with van der Waals surface area (Å²) >= 11 is 18.2. The smallest absolute Gasteiger partial charge is 0.291 e. The highest BCUT2D eigenvalue weighted by Crippen LogP contribution is 2.28. The second-order valence-electron chi connectivity index (χ2n) is 6.27. The van der Waals surface area contributed by atoms with Gasteiger partial charge in [-0.3, -0.25) is 0 Å². The van der Waals surface area contributed by atoms with Crippen molar-refractivity contribution in [2.45, 2.75) is 32.1 Å². The van der Waals surface area contributed by atoms with Crippen LogP contribution in [0.3, 0.4) is 0 Å². The molecule has 1 heterocycles. The van der Waals surface area contributed by atoms with Gasteiger partial charge in [0.25, 0.3) is 5.09 Å². The fraction of sp³-hybridized carbons (Fsp3) is 0.250. The summed E-state index contributed by atoms with van der Waals surface area (Å²) in [7, 11) is 0. The summed E-state index contributed by atoms with van der Waals surface area (Å²) in [4.78, 5) is 12.4. The maximum Gasteiger partial charge on any atom is 0.291 e. The van der Waals surface area contributed by atoms with Crippen molar-refractivity contribution in [1.29, 1.82) is 0 Å². The van der Waals surface area contributed by atoms with Gasteiger partial charge in [-0.25, -0.2) is 4.98 Å². The van der Waals surface area contributed by atoms with Crippen LogP contribution < -0.4 is 0 Å². The molecule has 1 aromatic heterocycles. The molecular weight excluding hydrogens is 453 g/mol. The van der Waals surface area contributed by atoms with Crippen LogP contribution in [0, 0.1) is 10.1 Å². The summed E-state index contributed by atoms with van der Waals surface area (Å²) in [6, 6.07) is 13.2. The van der Waals surface area contributed by atoms with Crippen LogP contribution in [-0.2, 0) is 17.9 Å². The van der Waals surface area contributed by atoms with Crippen LogP contribution >= 0.6 is 34.8 Å². The van der Waals surface area contributed by atoms with Crippen LogP contribution in [0.25, 0.3) is 0 Å². The minimum Gasteiger partial charge on any atom is -0.369 e. The van der Waals surface area contributed by atoms with Gasteiger partial charge in [0.1, 0.15) is 0 Å². The number of imidazole rings is 1. The summed E-state index contributed by atoms with van der Waals surface area (Å²) in [5, 5.41) is 15.6. The Morgan fingerprint density at radius 2 is 1.80 bits per heavy atom. The summed E-state index contributed by atoms with van der Waals surface area (Å²) in [6.45, 7) is 1.32. The fourth-order valence-corrected chi connectivity index (χ4v) is 3.32. The van der Waals surface area contributed by atoms with Gasteiger partial charge < -0.3 is 14.5 Å². The second kappa shape index (κ2) is 12.4. The Morgan fingerprint density at radius 3 is 2.40 bits per heavy atom. The zero-order valence-corrected chi connectivity index (χ0v) is 18.1. The van der Waals surface area contributed by atoms with E-state index in [1.54, 1.807) is 12.3 Å². The van der Waals surface area contributed by atoms with Crippen molar-refractivity contribution in [3.8, 4) is 0 Å². The molecule has 10 heteroatoms. The highest BCUT2D eigenvalue weighted by molar-refractivity contribution is 6.35. The number of rotatable bonds is 8. The van der Waals surface area contributed by atoms with Crippen LogP contribution in [0.5, 0.6) is 0 Å². The Kier molecular flexibility index (Phi) is 9.89. The van der Waals surface area contributed by atoms with E-state index in [2.05, 4.69) is 9.55 Å². The highest BCUT2D eigenvalue weighted by Gasteiger charge is 2.13. The van der Waals surface area contributed by atoms with E-state index in [1.807, 2.05) is 48.9 Å². The summed E-state index contributed by atoms with van der Waals surface area (Å²) < 4.78 is 8.26. The quantitative estimate of drug-likeness (QED) is 0.310. The van der Waals surface area contributed by atoms with Gasteiger partial charge in [0, 0.05) is 34.0 Å². The Balaban J connectivity index is 0.000000735. The Labute approximate surface area is 188 Å². The molecule has 1 unspecified atom stereocenters. The first-order valence-electron chi connectivity index (χ1n) is 8.95. The maximum absolute atomic E-state index is 8.36. The summed E-state index contributed by atoms with van der Waals surface area (Å²) in [6.07, 6.45) is 7.39. The van der Waals surface area contributed by atoms with Crippen molar-refractivity contribution >= 4 is 34.8 Å². The van der Waals surface area contributed by atoms with E-state index in [-0.39, 0.29) is 6.10 Å². The Hall–Kier alpha value is -2.32. The first-order chi connectivity index (χ1) is 14.3. The van der Waals surface area contributed by atoms with Crippen LogP contribution in [-0.4, -0.2) is 19.8 Å². The first kappa shape index (κ1) is 24.0. The largest absolute Gasteiger partial charge is 0.369 e. The number of hydrogen-bond donors (Lipinski definition) is 1. The molecule has 0 radical (unpaired) electrons. The van der Waals surface area contributed by atoms with Gasteiger partial charge in [-0.2, -0.15) is 0 Å². The number of aromatic nitrogens is 2. The third kappa shape index (κ3) is 8.59. The number of ether oxygens (including phenoxy) is 1. The van der Waals surface area contributed by atoms with E-state index in [9.17, 15) is 0 Å². The number of hydrogen-bond acceptors (Lipinski definition) is 4. The molecule has 0 aliphatic heterocycles. The lowest BCUT2D eigenvalue weighted by Crippen LogP contribution is -2.07. The number of nitrogens with zero attached hydrogens (tertiary/aromatic N) is 3. The number of benzene rings is 2. The van der Waals surface area contributed by atoms with Crippen molar-refractivity contribution in [1.82, 2.24) is 9.55 Å². The normalized spacial score (nSPS) is 11.4. The molecule has 0 amide bonds. The minimum absolute atomic E-state index is 0.0393. The molecule has 0 saturated heterocycles. The third-order valence-electron chi connectivity index (χ3n) is 4.14. The molecule has 0 aliphatic carbocycles. The fourth-order valence-electron chi connectivity index (χ4n) is 2.73. The predicted octanol–water partition coefficient (Wildman–Crippen LogP) is 6.23. The van der Waals surface area contributed by atoms with E-state index in [0.29, 0.717) is 21.7 Å². The van der Waals surface area contributed by atoms with Gasteiger partial charge in [-0.05, 0) is 48.2 Å². The zero-order chi connectivity index (χ0) is 21.9.